The number of aliphatic hydroxyl groups is 3. The lowest BCUT2D eigenvalue weighted by atomic mass is 9.88. The molecule has 4 aromatic heterocycles. The first-order valence-corrected chi connectivity index (χ1v) is 15.8. The number of piperidine rings is 1. The molecule has 1 aliphatic heterocycles. The van der Waals surface area contributed by atoms with Crippen molar-refractivity contribution in [3.63, 3.8) is 0 Å². The van der Waals surface area contributed by atoms with Gasteiger partial charge in [0.25, 0.3) is 0 Å². The quantitative estimate of drug-likeness (QED) is 0.200. The summed E-state index contributed by atoms with van der Waals surface area (Å²) in [7, 11) is 0. The molecule has 4 atom stereocenters. The molecule has 0 spiro atoms. The second-order valence-corrected chi connectivity index (χ2v) is 13.4. The van der Waals surface area contributed by atoms with Crippen LogP contribution in [0.4, 0.5) is 17.6 Å². The van der Waals surface area contributed by atoms with E-state index in [1.807, 2.05) is 38.2 Å². The summed E-state index contributed by atoms with van der Waals surface area (Å²) in [5, 5.41) is 40.0. The molecule has 1 aliphatic carbocycles. The average molecular weight is 605 g/mol. The van der Waals surface area contributed by atoms with Crippen LogP contribution in [-0.4, -0.2) is 83.7 Å². The van der Waals surface area contributed by atoms with Gasteiger partial charge in [-0.2, -0.15) is 4.98 Å². The zero-order valence-corrected chi connectivity index (χ0v) is 25.8. The molecule has 228 valence electrons. The predicted molar refractivity (Wildman–Crippen MR) is 169 cm³/mol. The molecule has 4 unspecified atom stereocenters. The van der Waals surface area contributed by atoms with Crippen LogP contribution in [0.15, 0.2) is 36.7 Å². The number of aliphatic hydroxyl groups excluding tert-OH is 2. The first kappa shape index (κ1) is 29.6. The van der Waals surface area contributed by atoms with E-state index in [0.29, 0.717) is 24.1 Å². The summed E-state index contributed by atoms with van der Waals surface area (Å²) in [6.07, 6.45) is 3.94. The molecule has 2 fully saturated rings. The number of hydrogen-bond acceptors (Lipinski definition) is 12. The highest BCUT2D eigenvalue weighted by atomic mass is 32.1. The maximum absolute atomic E-state index is 11.0. The average Bonchev–Trinajstić information content (AvgIpc) is 3.54. The van der Waals surface area contributed by atoms with E-state index >= 15 is 0 Å². The molecule has 2 aliphatic rings. The van der Waals surface area contributed by atoms with Gasteiger partial charge in [-0.25, -0.2) is 15.0 Å². The lowest BCUT2D eigenvalue weighted by molar-refractivity contribution is -0.0601. The Morgan fingerprint density at radius 3 is 2.44 bits per heavy atom. The Morgan fingerprint density at radius 2 is 1.77 bits per heavy atom. The topological polar surface area (TPSA) is 152 Å². The smallest absolute Gasteiger partial charge is 0.224 e. The van der Waals surface area contributed by atoms with E-state index in [-0.39, 0.29) is 0 Å². The fourth-order valence-corrected chi connectivity index (χ4v) is 7.41. The Labute approximate surface area is 255 Å². The standard InChI is InChI=1S/C31H40N8O3S/c1-17-24(29-37-25-18(2)32-12-8-22(25)43-29)28(36-21-15-20(31(3,4)42)26(40)27(21)41)38-30(35-17)34-16-19-9-13-39(14-10-19)23-7-5-6-11-33-23/h5-8,11-12,19-21,26-27,40-42H,9-10,13-16H2,1-4H3,(H2,34,35,36,38). The highest BCUT2D eigenvalue weighted by Crippen LogP contribution is 2.40. The maximum Gasteiger partial charge on any atom is 0.224 e. The van der Waals surface area contributed by atoms with Crippen molar-refractivity contribution in [2.75, 3.05) is 35.2 Å². The van der Waals surface area contributed by atoms with Crippen LogP contribution in [0, 0.1) is 25.7 Å². The van der Waals surface area contributed by atoms with Crippen molar-refractivity contribution >= 4 is 39.1 Å². The lowest BCUT2D eigenvalue weighted by Gasteiger charge is -2.32. The minimum atomic E-state index is -1.14. The molecular weight excluding hydrogens is 564 g/mol. The van der Waals surface area contributed by atoms with Gasteiger partial charge in [-0.05, 0) is 71.1 Å². The number of thiazole rings is 1. The Morgan fingerprint density at radius 1 is 0.977 bits per heavy atom. The van der Waals surface area contributed by atoms with Crippen LogP contribution in [0.1, 0.15) is 44.5 Å². The van der Waals surface area contributed by atoms with Crippen molar-refractivity contribution < 1.29 is 15.3 Å². The maximum atomic E-state index is 11.0. The third-order valence-electron chi connectivity index (χ3n) is 8.84. The fourth-order valence-electron chi connectivity index (χ4n) is 6.30. The van der Waals surface area contributed by atoms with Crippen molar-refractivity contribution in [2.45, 2.75) is 70.8 Å². The number of fused-ring (bicyclic) bond motifs is 1. The molecule has 11 nitrogen and oxygen atoms in total. The minimum Gasteiger partial charge on any atom is -0.390 e. The minimum absolute atomic E-state index is 0.384. The molecule has 12 heteroatoms. The van der Waals surface area contributed by atoms with Gasteiger partial charge in [-0.3, -0.25) is 4.98 Å². The van der Waals surface area contributed by atoms with Gasteiger partial charge in [0.15, 0.2) is 0 Å². The van der Waals surface area contributed by atoms with Crippen molar-refractivity contribution in [2.24, 2.45) is 11.8 Å². The third-order valence-corrected chi connectivity index (χ3v) is 9.88. The van der Waals surface area contributed by atoms with Crippen LogP contribution in [0.25, 0.3) is 20.8 Å². The van der Waals surface area contributed by atoms with E-state index in [1.54, 1.807) is 31.4 Å². The summed E-state index contributed by atoms with van der Waals surface area (Å²) in [6.45, 7) is 9.85. The molecule has 0 amide bonds. The summed E-state index contributed by atoms with van der Waals surface area (Å²) in [4.78, 5) is 25.8. The lowest BCUT2D eigenvalue weighted by Crippen LogP contribution is -2.40. The molecule has 1 saturated heterocycles. The third kappa shape index (κ3) is 6.14. The number of rotatable bonds is 8. The number of nitrogens with zero attached hydrogens (tertiary/aromatic N) is 6. The van der Waals surface area contributed by atoms with Crippen LogP contribution in [0.5, 0.6) is 0 Å². The van der Waals surface area contributed by atoms with Gasteiger partial charge in [-0.1, -0.05) is 6.07 Å². The van der Waals surface area contributed by atoms with Gasteiger partial charge < -0.3 is 30.9 Å². The van der Waals surface area contributed by atoms with E-state index in [0.717, 1.165) is 70.5 Å². The van der Waals surface area contributed by atoms with Gasteiger partial charge >= 0.3 is 0 Å². The second-order valence-electron chi connectivity index (χ2n) is 12.3. The number of aryl methyl sites for hydroxylation is 2. The van der Waals surface area contributed by atoms with Crippen LogP contribution in [0.3, 0.4) is 0 Å². The number of nitrogens with one attached hydrogen (secondary N) is 2. The van der Waals surface area contributed by atoms with Crippen molar-refractivity contribution in [1.29, 1.82) is 0 Å². The molecule has 4 aromatic rings. The Hall–Kier alpha value is -3.45. The van der Waals surface area contributed by atoms with E-state index in [1.165, 1.54) is 0 Å². The molecule has 0 radical (unpaired) electrons. The molecule has 0 aromatic carbocycles. The highest BCUT2D eigenvalue weighted by molar-refractivity contribution is 7.21. The Bertz CT molecular complexity index is 1570. The van der Waals surface area contributed by atoms with E-state index in [2.05, 4.69) is 31.6 Å². The SMILES string of the molecule is Cc1nc(NCC2CCN(c3ccccn3)CC2)nc(NC2CC(C(C)(C)O)C(O)C2O)c1-c1nc2c(C)nccc2s1. The number of pyridine rings is 2. The van der Waals surface area contributed by atoms with Crippen molar-refractivity contribution in [3.8, 4) is 10.6 Å². The first-order chi connectivity index (χ1) is 20.6. The zero-order valence-electron chi connectivity index (χ0n) is 25.0. The van der Waals surface area contributed by atoms with Gasteiger partial charge in [0.2, 0.25) is 5.95 Å². The summed E-state index contributed by atoms with van der Waals surface area (Å²) in [5.41, 5.74) is 2.05. The first-order valence-electron chi connectivity index (χ1n) is 14.9. The normalized spacial score (nSPS) is 23.2. The molecular formula is C31H40N8O3S. The van der Waals surface area contributed by atoms with Gasteiger partial charge in [-0.15, -0.1) is 11.3 Å². The van der Waals surface area contributed by atoms with Crippen molar-refractivity contribution in [3.05, 3.63) is 48.0 Å². The largest absolute Gasteiger partial charge is 0.390 e. The molecule has 5 N–H and O–H groups in total. The van der Waals surface area contributed by atoms with E-state index < -0.39 is 29.8 Å². The van der Waals surface area contributed by atoms with Crippen LogP contribution in [-0.2, 0) is 0 Å². The number of hydrogen-bond donors (Lipinski definition) is 5. The van der Waals surface area contributed by atoms with Gasteiger partial charge in [0.05, 0.1) is 39.4 Å². The molecule has 43 heavy (non-hydrogen) atoms. The molecule has 0 bridgehead atoms. The fraction of sp³-hybridized carbons (Fsp3) is 0.516. The summed E-state index contributed by atoms with van der Waals surface area (Å²) >= 11 is 1.54. The second kappa shape index (κ2) is 11.9. The predicted octanol–water partition coefficient (Wildman–Crippen LogP) is 3.78. The van der Waals surface area contributed by atoms with Crippen LogP contribution >= 0.6 is 11.3 Å². The summed E-state index contributed by atoms with van der Waals surface area (Å²) in [6, 6.07) is 7.45. The highest BCUT2D eigenvalue weighted by Gasteiger charge is 2.48. The van der Waals surface area contributed by atoms with Gasteiger partial charge in [0, 0.05) is 37.9 Å². The zero-order chi connectivity index (χ0) is 30.3. The molecule has 1 saturated carbocycles. The van der Waals surface area contributed by atoms with Gasteiger partial charge in [0.1, 0.15) is 28.3 Å². The number of anilines is 3. The van der Waals surface area contributed by atoms with Crippen molar-refractivity contribution in [1.82, 2.24) is 24.9 Å². The monoisotopic (exact) mass is 604 g/mol. The molecule has 5 heterocycles. The van der Waals surface area contributed by atoms with Crippen LogP contribution in [0.2, 0.25) is 0 Å². The summed E-state index contributed by atoms with van der Waals surface area (Å²) < 4.78 is 1.02. The Kier molecular flexibility index (Phi) is 8.20. The Balaban J connectivity index is 1.25. The van der Waals surface area contributed by atoms with E-state index in [9.17, 15) is 15.3 Å². The number of aromatic nitrogens is 5. The van der Waals surface area contributed by atoms with E-state index in [4.69, 9.17) is 15.0 Å². The summed E-state index contributed by atoms with van der Waals surface area (Å²) in [5.74, 6) is 2.04. The molecule has 6 rings (SSSR count). The van der Waals surface area contributed by atoms with Crippen LogP contribution < -0.4 is 15.5 Å².